The molecule has 0 spiro atoms. The molecule has 19 heteroatoms. The van der Waals surface area contributed by atoms with Gasteiger partial charge in [0.05, 0.1) is 13.5 Å². The van der Waals surface area contributed by atoms with Crippen LogP contribution in [-0.4, -0.2) is 121 Å². The zero-order valence-corrected chi connectivity index (χ0v) is 51.3. The summed E-state index contributed by atoms with van der Waals surface area (Å²) in [5, 5.41) is 19.4. The Morgan fingerprint density at radius 2 is 1.01 bits per heavy atom. The van der Waals surface area contributed by atoms with Crippen molar-refractivity contribution in [1.29, 1.82) is 0 Å². The number of aliphatic hydroxyl groups excluding tert-OH is 1. The number of aliphatic hydroxyl groups is 1. The lowest BCUT2D eigenvalue weighted by atomic mass is 9.96. The minimum Gasteiger partial charge on any atom is -0.469 e. The fraction of sp³-hybridized carbons (Fsp3) is 0.871. The molecule has 0 aromatic heterocycles. The summed E-state index contributed by atoms with van der Waals surface area (Å²) < 4.78 is 34.5. The Morgan fingerprint density at radius 1 is 0.556 bits per heavy atom. The summed E-state index contributed by atoms with van der Waals surface area (Å²) in [6.07, 6.45) is 25.9. The zero-order chi connectivity index (χ0) is 60.0. The lowest BCUT2D eigenvalue weighted by Gasteiger charge is -2.44. The van der Waals surface area contributed by atoms with E-state index in [2.05, 4.69) is 41.5 Å². The Balaban J connectivity index is 3.27. The lowest BCUT2D eigenvalue weighted by Crippen LogP contribution is -2.66. The third kappa shape index (κ3) is 37.5. The highest BCUT2D eigenvalue weighted by Gasteiger charge is 2.50. The van der Waals surface area contributed by atoms with Crippen LogP contribution >= 0.6 is 0 Å². The van der Waals surface area contributed by atoms with Gasteiger partial charge in [-0.25, -0.2) is 0 Å². The van der Waals surface area contributed by atoms with Crippen molar-refractivity contribution in [2.75, 3.05) is 13.7 Å². The average Bonchev–Trinajstić information content (AvgIpc) is 3.47. The number of primary amides is 1. The number of esters is 4. The molecule has 470 valence electrons. The maximum atomic E-state index is 14.1. The van der Waals surface area contributed by atoms with E-state index in [1.807, 2.05) is 0 Å². The molecule has 9 atom stereocenters. The van der Waals surface area contributed by atoms with Crippen LogP contribution in [0.3, 0.4) is 0 Å². The van der Waals surface area contributed by atoms with Gasteiger partial charge in [0.15, 0.2) is 0 Å². The molecule has 1 aliphatic rings. The van der Waals surface area contributed by atoms with E-state index in [0.717, 1.165) is 70.6 Å². The standard InChI is InChI=1S/C62H112N4O15/c1-8-11-14-17-20-23-25-28-31-34-37-40-53(69)77-45-51-57(72)58(78-47(5)61(75)64-46(4)60(74)66-50(59(63)73)42-43-52(68)76-7)56(65-48(6)67)62(80-51)81-55(71)44-49(39-36-33-30-27-22-19-16-13-10-3)79-54(70)41-38-35-32-29-26-24-21-18-15-12-9-2/h46-47,49-51,56-58,62,72H,8-45H2,1-7H3,(H2,63,73)(H,64,75)(H,65,67)(H,66,74)/t46-,47+,49+,50+,51+,56+,57+,58+,62+/m0/s1. The monoisotopic (exact) mass is 1150 g/mol. The van der Waals surface area contributed by atoms with Crippen molar-refractivity contribution in [3.63, 3.8) is 0 Å². The van der Waals surface area contributed by atoms with Gasteiger partial charge in [0.25, 0.3) is 0 Å². The first kappa shape index (κ1) is 74.7. The van der Waals surface area contributed by atoms with Crippen molar-refractivity contribution in [3.05, 3.63) is 0 Å². The van der Waals surface area contributed by atoms with Gasteiger partial charge >= 0.3 is 23.9 Å². The van der Waals surface area contributed by atoms with Gasteiger partial charge in [-0.3, -0.25) is 38.4 Å². The molecule has 0 aliphatic carbocycles. The average molecular weight is 1150 g/mol. The van der Waals surface area contributed by atoms with E-state index in [-0.39, 0.29) is 32.1 Å². The van der Waals surface area contributed by atoms with E-state index >= 15 is 0 Å². The number of unbranched alkanes of at least 4 members (excludes halogenated alkanes) is 28. The number of nitrogens with one attached hydrogen (secondary N) is 3. The van der Waals surface area contributed by atoms with Crippen LogP contribution in [0.5, 0.6) is 0 Å². The first-order chi connectivity index (χ1) is 39.0. The van der Waals surface area contributed by atoms with Gasteiger partial charge in [-0.1, -0.05) is 201 Å². The van der Waals surface area contributed by atoms with Crippen molar-refractivity contribution >= 4 is 47.5 Å². The van der Waals surface area contributed by atoms with E-state index in [0.29, 0.717) is 25.7 Å². The number of methoxy groups -OCH3 is 1. The molecule has 1 rings (SSSR count). The van der Waals surface area contributed by atoms with Crippen molar-refractivity contribution in [2.45, 2.75) is 334 Å². The summed E-state index contributed by atoms with van der Waals surface area (Å²) in [6, 6.07) is -3.93. The van der Waals surface area contributed by atoms with Crippen molar-refractivity contribution in [3.8, 4) is 0 Å². The molecular formula is C62H112N4O15. The van der Waals surface area contributed by atoms with Gasteiger partial charge in [-0.2, -0.15) is 0 Å². The van der Waals surface area contributed by atoms with E-state index in [1.54, 1.807) is 0 Å². The van der Waals surface area contributed by atoms with Gasteiger partial charge in [-0.15, -0.1) is 0 Å². The molecule has 0 radical (unpaired) electrons. The largest absolute Gasteiger partial charge is 0.469 e. The van der Waals surface area contributed by atoms with E-state index < -0.39 is 109 Å². The Labute approximate surface area is 487 Å². The van der Waals surface area contributed by atoms with E-state index in [9.17, 15) is 43.5 Å². The van der Waals surface area contributed by atoms with Gasteiger partial charge in [-0.05, 0) is 46.0 Å². The molecule has 1 heterocycles. The summed E-state index contributed by atoms with van der Waals surface area (Å²) in [6.45, 7) is 10.00. The quantitative estimate of drug-likeness (QED) is 0.0215. The number of hydrogen-bond donors (Lipinski definition) is 5. The molecule has 0 unspecified atom stereocenters. The first-order valence-electron chi connectivity index (χ1n) is 31.7. The maximum Gasteiger partial charge on any atom is 0.311 e. The summed E-state index contributed by atoms with van der Waals surface area (Å²) in [7, 11) is 1.18. The van der Waals surface area contributed by atoms with Gasteiger partial charge < -0.3 is 55.2 Å². The number of carbonyl (C=O) groups excluding carboxylic acids is 8. The molecule has 1 aliphatic heterocycles. The Morgan fingerprint density at radius 3 is 1.47 bits per heavy atom. The Kier molecular flexibility index (Phi) is 44.3. The summed E-state index contributed by atoms with van der Waals surface area (Å²) in [5.74, 6) is -5.56. The number of carbonyl (C=O) groups is 8. The molecule has 6 N–H and O–H groups in total. The SMILES string of the molecule is CCCCCCCCCCCCCC(=O)OC[C@H]1O[C@H](OC(=O)C[C@@H](CCCCCCCCCCC)OC(=O)CCCCCCCCCCCCC)[C@H](NC(C)=O)[C@@H](O[C@H](C)C(=O)N[C@@H](C)C(=O)N[C@H](CCC(=O)OC)C(N)=O)[C@@H]1O. The highest BCUT2D eigenvalue weighted by atomic mass is 16.7. The fourth-order valence-electron chi connectivity index (χ4n) is 9.95. The number of nitrogens with two attached hydrogens (primary N) is 1. The lowest BCUT2D eigenvalue weighted by molar-refractivity contribution is -0.275. The topological polar surface area (TPSA) is 274 Å². The van der Waals surface area contributed by atoms with Crippen molar-refractivity contribution in [1.82, 2.24) is 16.0 Å². The highest BCUT2D eigenvalue weighted by Crippen LogP contribution is 2.28. The van der Waals surface area contributed by atoms with Crippen molar-refractivity contribution < 1.29 is 71.9 Å². The first-order valence-corrected chi connectivity index (χ1v) is 31.7. The molecule has 1 saturated heterocycles. The summed E-state index contributed by atoms with van der Waals surface area (Å²) in [4.78, 5) is 104. The summed E-state index contributed by atoms with van der Waals surface area (Å²) in [5.41, 5.74) is 5.46. The molecule has 19 nitrogen and oxygen atoms in total. The van der Waals surface area contributed by atoms with Crippen LogP contribution in [0.1, 0.15) is 279 Å². The molecule has 0 aromatic carbocycles. The minimum atomic E-state index is -1.68. The van der Waals surface area contributed by atoms with E-state index in [1.165, 1.54) is 137 Å². The molecule has 0 bridgehead atoms. The summed E-state index contributed by atoms with van der Waals surface area (Å²) >= 11 is 0. The van der Waals surface area contributed by atoms with Crippen LogP contribution in [0.25, 0.3) is 0 Å². The fourth-order valence-corrected chi connectivity index (χ4v) is 9.95. The number of amides is 4. The smallest absolute Gasteiger partial charge is 0.311 e. The minimum absolute atomic E-state index is 0.124. The van der Waals surface area contributed by atoms with Crippen molar-refractivity contribution in [2.24, 2.45) is 5.73 Å². The number of rotatable bonds is 51. The molecule has 0 aromatic rings. The van der Waals surface area contributed by atoms with Crippen LogP contribution in [0.4, 0.5) is 0 Å². The Bertz CT molecular complexity index is 1740. The molecule has 4 amide bonds. The van der Waals surface area contributed by atoms with Gasteiger partial charge in [0.2, 0.25) is 29.9 Å². The predicted molar refractivity (Wildman–Crippen MR) is 312 cm³/mol. The van der Waals surface area contributed by atoms with Gasteiger partial charge in [0.1, 0.15) is 55.3 Å². The third-order valence-electron chi connectivity index (χ3n) is 15.0. The second-order valence-corrected chi connectivity index (χ2v) is 22.5. The number of ether oxygens (including phenoxy) is 6. The van der Waals surface area contributed by atoms with Crippen LogP contribution in [0, 0.1) is 0 Å². The second kappa shape index (κ2) is 48.1. The second-order valence-electron chi connectivity index (χ2n) is 22.5. The van der Waals surface area contributed by atoms with Crippen LogP contribution in [-0.2, 0) is 66.8 Å². The molecule has 81 heavy (non-hydrogen) atoms. The Hall–Kier alpha value is -4.36. The highest BCUT2D eigenvalue weighted by molar-refractivity contribution is 5.92. The van der Waals surface area contributed by atoms with Crippen LogP contribution in [0.2, 0.25) is 0 Å². The number of hydrogen-bond acceptors (Lipinski definition) is 15. The van der Waals surface area contributed by atoms with E-state index in [4.69, 9.17) is 29.4 Å². The van der Waals surface area contributed by atoms with Gasteiger partial charge in [0, 0.05) is 26.2 Å². The van der Waals surface area contributed by atoms with Crippen LogP contribution < -0.4 is 21.7 Å². The normalized spacial score (nSPS) is 18.4. The predicted octanol–water partition coefficient (Wildman–Crippen LogP) is 10.5. The molecular weight excluding hydrogens is 1040 g/mol. The van der Waals surface area contributed by atoms with Crippen LogP contribution in [0.15, 0.2) is 0 Å². The molecule has 1 fully saturated rings. The maximum absolute atomic E-state index is 14.1. The third-order valence-corrected chi connectivity index (χ3v) is 15.0. The molecule has 0 saturated carbocycles. The zero-order valence-electron chi connectivity index (χ0n) is 51.3.